The summed E-state index contributed by atoms with van der Waals surface area (Å²) in [5, 5.41) is 11.0. The summed E-state index contributed by atoms with van der Waals surface area (Å²) in [6, 6.07) is 0. The average Bonchev–Trinajstić information content (AvgIpc) is 2.35. The van der Waals surface area contributed by atoms with Crippen molar-refractivity contribution < 1.29 is 18.3 Å². The number of aliphatic hydroxyl groups is 1. The van der Waals surface area contributed by atoms with E-state index < -0.39 is 18.8 Å². The van der Waals surface area contributed by atoms with E-state index >= 15 is 0 Å². The second kappa shape index (κ2) is 6.89. The maximum absolute atomic E-state index is 12.2. The highest BCUT2D eigenvalue weighted by Gasteiger charge is 2.38. The zero-order valence-corrected chi connectivity index (χ0v) is 11.7. The maximum Gasteiger partial charge on any atom is 0.416 e. The molecule has 1 heterocycles. The number of hydrogen-bond acceptors (Lipinski definition) is 6. The fourth-order valence-electron chi connectivity index (χ4n) is 1.37. The van der Waals surface area contributed by atoms with E-state index in [1.54, 1.807) is 4.90 Å². The molecule has 0 radical (unpaired) electrons. The summed E-state index contributed by atoms with van der Waals surface area (Å²) in [5.74, 6) is 0.147. The molecule has 20 heavy (non-hydrogen) atoms. The number of aliphatic hydroxyl groups excluding tert-OH is 1. The fraction of sp³-hybridized carbons (Fsp3) is 0.700. The highest BCUT2D eigenvalue weighted by atomic mass is 35.5. The van der Waals surface area contributed by atoms with E-state index in [0.29, 0.717) is 13.1 Å². The predicted octanol–water partition coefficient (Wildman–Crippen LogP) is 1.71. The van der Waals surface area contributed by atoms with Gasteiger partial charge in [0.25, 0.3) is 0 Å². The van der Waals surface area contributed by atoms with E-state index in [2.05, 4.69) is 20.3 Å². The Balaban J connectivity index is 2.81. The molecule has 0 aromatic carbocycles. The molecule has 0 aliphatic rings. The van der Waals surface area contributed by atoms with Crippen LogP contribution in [0.4, 0.5) is 25.1 Å². The third-order valence-corrected chi connectivity index (χ3v) is 2.64. The van der Waals surface area contributed by atoms with Gasteiger partial charge in [0.15, 0.2) is 6.10 Å². The summed E-state index contributed by atoms with van der Waals surface area (Å²) in [4.78, 5) is 13.3. The van der Waals surface area contributed by atoms with Crippen molar-refractivity contribution in [3.05, 3.63) is 5.28 Å². The highest BCUT2D eigenvalue weighted by molar-refractivity contribution is 6.28. The Hall–Kier alpha value is -1.35. The molecule has 1 aromatic heterocycles. The second-order valence-corrected chi connectivity index (χ2v) is 4.18. The van der Waals surface area contributed by atoms with Crippen LogP contribution in [0.2, 0.25) is 5.28 Å². The van der Waals surface area contributed by atoms with Gasteiger partial charge in [-0.15, -0.1) is 0 Å². The van der Waals surface area contributed by atoms with Crippen molar-refractivity contribution in [2.24, 2.45) is 0 Å². The molecule has 0 fully saturated rings. The summed E-state index contributed by atoms with van der Waals surface area (Å²) in [6.07, 6.45) is -7.21. The molecule has 6 nitrogen and oxygen atoms in total. The lowest BCUT2D eigenvalue weighted by atomic mass is 10.3. The first-order chi connectivity index (χ1) is 9.27. The van der Waals surface area contributed by atoms with Crippen LogP contribution >= 0.6 is 11.6 Å². The van der Waals surface area contributed by atoms with Crippen molar-refractivity contribution in [3.63, 3.8) is 0 Å². The number of hydrogen-bond donors (Lipinski definition) is 2. The Morgan fingerprint density at radius 1 is 1.25 bits per heavy atom. The van der Waals surface area contributed by atoms with Crippen molar-refractivity contribution in [3.8, 4) is 0 Å². The number of nitrogens with zero attached hydrogens (tertiary/aromatic N) is 4. The van der Waals surface area contributed by atoms with Crippen molar-refractivity contribution >= 4 is 23.5 Å². The Morgan fingerprint density at radius 3 is 2.35 bits per heavy atom. The van der Waals surface area contributed by atoms with Crippen LogP contribution in [0.1, 0.15) is 13.8 Å². The first-order valence-electron chi connectivity index (χ1n) is 5.93. The van der Waals surface area contributed by atoms with Crippen LogP contribution in [0, 0.1) is 0 Å². The van der Waals surface area contributed by atoms with Gasteiger partial charge in [-0.1, -0.05) is 0 Å². The van der Waals surface area contributed by atoms with Crippen molar-refractivity contribution in [2.75, 3.05) is 29.9 Å². The average molecular weight is 314 g/mol. The molecule has 0 saturated heterocycles. The molecule has 1 atom stereocenters. The largest absolute Gasteiger partial charge is 0.416 e. The Kier molecular flexibility index (Phi) is 5.75. The van der Waals surface area contributed by atoms with Gasteiger partial charge in [-0.25, -0.2) is 0 Å². The molecule has 1 unspecified atom stereocenters. The summed E-state index contributed by atoms with van der Waals surface area (Å²) in [5.41, 5.74) is 0. The summed E-state index contributed by atoms with van der Waals surface area (Å²) < 4.78 is 36.5. The number of halogens is 4. The third-order valence-electron chi connectivity index (χ3n) is 2.47. The van der Waals surface area contributed by atoms with Crippen LogP contribution in [-0.2, 0) is 0 Å². The number of rotatable bonds is 6. The summed E-state index contributed by atoms with van der Waals surface area (Å²) in [7, 11) is 0. The van der Waals surface area contributed by atoms with Gasteiger partial charge in [0, 0.05) is 13.1 Å². The first-order valence-corrected chi connectivity index (χ1v) is 6.30. The Morgan fingerprint density at radius 2 is 1.85 bits per heavy atom. The van der Waals surface area contributed by atoms with Gasteiger partial charge in [0.1, 0.15) is 0 Å². The molecule has 0 aliphatic carbocycles. The monoisotopic (exact) mass is 313 g/mol. The van der Waals surface area contributed by atoms with Crippen molar-refractivity contribution in [1.82, 2.24) is 15.0 Å². The second-order valence-electron chi connectivity index (χ2n) is 3.84. The standard InChI is InChI=1S/C10H15ClF3N5O/c1-3-19(4-2)9-17-7(11)16-8(18-9)15-5-6(20)10(12,13)14/h6,20H,3-5H2,1-2H3,(H,15,16,17,18). The van der Waals surface area contributed by atoms with Gasteiger partial charge in [-0.05, 0) is 25.4 Å². The topological polar surface area (TPSA) is 74.2 Å². The van der Waals surface area contributed by atoms with Crippen LogP contribution in [0.25, 0.3) is 0 Å². The fourth-order valence-corrected chi connectivity index (χ4v) is 1.53. The van der Waals surface area contributed by atoms with E-state index in [1.165, 1.54) is 0 Å². The minimum atomic E-state index is -4.70. The van der Waals surface area contributed by atoms with Crippen LogP contribution in [0.15, 0.2) is 0 Å². The van der Waals surface area contributed by atoms with Crippen molar-refractivity contribution in [1.29, 1.82) is 0 Å². The van der Waals surface area contributed by atoms with E-state index in [9.17, 15) is 13.2 Å². The number of anilines is 2. The Labute approximate surface area is 119 Å². The zero-order valence-electron chi connectivity index (χ0n) is 10.9. The van der Waals surface area contributed by atoms with Gasteiger partial charge in [-0.2, -0.15) is 28.1 Å². The molecule has 1 aromatic rings. The Bertz CT molecular complexity index is 441. The smallest absolute Gasteiger partial charge is 0.382 e. The molecule has 0 spiro atoms. The van der Waals surface area contributed by atoms with Gasteiger partial charge < -0.3 is 15.3 Å². The van der Waals surface area contributed by atoms with E-state index in [1.807, 2.05) is 13.8 Å². The van der Waals surface area contributed by atoms with Crippen LogP contribution in [0.3, 0.4) is 0 Å². The van der Waals surface area contributed by atoms with Gasteiger partial charge in [-0.3, -0.25) is 0 Å². The zero-order chi connectivity index (χ0) is 15.3. The minimum Gasteiger partial charge on any atom is -0.382 e. The van der Waals surface area contributed by atoms with E-state index in [-0.39, 0.29) is 17.2 Å². The quantitative estimate of drug-likeness (QED) is 0.833. The third kappa shape index (κ3) is 4.64. The molecular formula is C10H15ClF3N5O. The maximum atomic E-state index is 12.2. The number of nitrogens with one attached hydrogen (secondary N) is 1. The first kappa shape index (κ1) is 16.7. The molecule has 2 N–H and O–H groups in total. The van der Waals surface area contributed by atoms with Crippen LogP contribution in [-0.4, -0.2) is 52.0 Å². The van der Waals surface area contributed by atoms with Gasteiger partial charge in [0.05, 0.1) is 6.54 Å². The van der Waals surface area contributed by atoms with E-state index in [4.69, 9.17) is 16.7 Å². The lowest BCUT2D eigenvalue weighted by Crippen LogP contribution is -2.35. The lowest BCUT2D eigenvalue weighted by molar-refractivity contribution is -0.198. The number of aromatic nitrogens is 3. The normalized spacial score (nSPS) is 13.2. The molecule has 0 bridgehead atoms. The minimum absolute atomic E-state index is 0.116. The molecule has 0 amide bonds. The van der Waals surface area contributed by atoms with E-state index in [0.717, 1.165) is 0 Å². The van der Waals surface area contributed by atoms with Gasteiger partial charge >= 0.3 is 6.18 Å². The lowest BCUT2D eigenvalue weighted by Gasteiger charge is -2.19. The molecular weight excluding hydrogens is 299 g/mol. The highest BCUT2D eigenvalue weighted by Crippen LogP contribution is 2.20. The number of alkyl halides is 3. The molecule has 114 valence electrons. The van der Waals surface area contributed by atoms with Crippen LogP contribution in [0.5, 0.6) is 0 Å². The predicted molar refractivity (Wildman–Crippen MR) is 68.9 cm³/mol. The van der Waals surface area contributed by atoms with Gasteiger partial charge in [0.2, 0.25) is 17.2 Å². The molecule has 0 saturated carbocycles. The summed E-state index contributed by atoms with van der Waals surface area (Å²) >= 11 is 5.70. The van der Waals surface area contributed by atoms with Crippen molar-refractivity contribution in [2.45, 2.75) is 26.1 Å². The van der Waals surface area contributed by atoms with Crippen LogP contribution < -0.4 is 10.2 Å². The molecule has 1 rings (SSSR count). The SMILES string of the molecule is CCN(CC)c1nc(Cl)nc(NCC(O)C(F)(F)F)n1. The molecule has 0 aliphatic heterocycles. The summed E-state index contributed by atoms with van der Waals surface area (Å²) in [6.45, 7) is 4.22. The molecule has 10 heteroatoms.